The highest BCUT2D eigenvalue weighted by atomic mass is 35.7. The fourth-order valence-electron chi connectivity index (χ4n) is 1.95. The Morgan fingerprint density at radius 2 is 2.25 bits per heavy atom. The first kappa shape index (κ1) is 14.7. The minimum absolute atomic E-state index is 0.0761. The van der Waals surface area contributed by atoms with Gasteiger partial charge in [0, 0.05) is 29.8 Å². The number of aromatic nitrogens is 1. The summed E-state index contributed by atoms with van der Waals surface area (Å²) in [5.41, 5.74) is 0.0935. The van der Waals surface area contributed by atoms with Gasteiger partial charge in [-0.05, 0) is 12.1 Å². The Balaban J connectivity index is 2.38. The van der Waals surface area contributed by atoms with E-state index in [1.54, 1.807) is 0 Å². The predicted molar refractivity (Wildman–Crippen MR) is 71.1 cm³/mol. The normalized spacial score (nSPS) is 19.2. The second kappa shape index (κ2) is 5.37. The van der Waals surface area contributed by atoms with Crippen molar-refractivity contribution < 1.29 is 22.7 Å². The van der Waals surface area contributed by atoms with E-state index in [0.717, 1.165) is 4.90 Å². The number of amides is 1. The molecule has 20 heavy (non-hydrogen) atoms. The van der Waals surface area contributed by atoms with Crippen LogP contribution in [0.1, 0.15) is 16.8 Å². The number of halogens is 1. The number of hydrogen-bond acceptors (Lipinski definition) is 6. The number of carbonyl (C=O) groups excluding carboxylic acids is 2. The number of esters is 1. The third kappa shape index (κ3) is 2.75. The molecule has 0 spiro atoms. The molecule has 0 saturated carbocycles. The summed E-state index contributed by atoms with van der Waals surface area (Å²) in [5.74, 6) is -1.03. The lowest BCUT2D eigenvalue weighted by molar-refractivity contribution is -0.117. The number of hydrogen-bond donors (Lipinski definition) is 0. The van der Waals surface area contributed by atoms with Crippen LogP contribution in [0.5, 0.6) is 0 Å². The van der Waals surface area contributed by atoms with Crippen molar-refractivity contribution in [2.45, 2.75) is 11.7 Å². The van der Waals surface area contributed by atoms with Crippen molar-refractivity contribution in [3.05, 3.63) is 23.9 Å². The molecule has 1 aromatic rings. The molecule has 7 nitrogen and oxygen atoms in total. The molecule has 1 aliphatic heterocycles. The largest absolute Gasteiger partial charge is 0.465 e. The van der Waals surface area contributed by atoms with Gasteiger partial charge in [-0.25, -0.2) is 18.2 Å². The summed E-state index contributed by atoms with van der Waals surface area (Å²) < 4.78 is 27.2. The first-order valence-corrected chi connectivity index (χ1v) is 7.99. The molecule has 0 bridgehead atoms. The van der Waals surface area contributed by atoms with E-state index in [1.807, 2.05) is 0 Å². The van der Waals surface area contributed by atoms with Crippen LogP contribution in [0.25, 0.3) is 0 Å². The number of methoxy groups -OCH3 is 1. The third-order valence-corrected chi connectivity index (χ3v) is 4.80. The van der Waals surface area contributed by atoms with E-state index in [2.05, 4.69) is 9.72 Å². The summed E-state index contributed by atoms with van der Waals surface area (Å²) in [7, 11) is 2.62. The van der Waals surface area contributed by atoms with Crippen LogP contribution < -0.4 is 4.90 Å². The lowest BCUT2D eigenvalue weighted by Crippen LogP contribution is -2.29. The van der Waals surface area contributed by atoms with Crippen LogP contribution in [0, 0.1) is 0 Å². The van der Waals surface area contributed by atoms with Crippen molar-refractivity contribution >= 4 is 37.4 Å². The molecule has 0 aromatic carbocycles. The lowest BCUT2D eigenvalue weighted by atomic mass is 10.2. The molecule has 1 fully saturated rings. The molecular weight excluding hydrogens is 308 g/mol. The van der Waals surface area contributed by atoms with Crippen LogP contribution in [-0.4, -0.2) is 44.2 Å². The Morgan fingerprint density at radius 1 is 1.55 bits per heavy atom. The Labute approximate surface area is 119 Å². The van der Waals surface area contributed by atoms with Crippen molar-refractivity contribution in [1.29, 1.82) is 0 Å². The minimum Gasteiger partial charge on any atom is -0.465 e. The quantitative estimate of drug-likeness (QED) is 0.596. The van der Waals surface area contributed by atoms with Gasteiger partial charge >= 0.3 is 5.97 Å². The number of rotatable bonds is 3. The van der Waals surface area contributed by atoms with Gasteiger partial charge in [-0.1, -0.05) is 0 Å². The molecule has 1 atom stereocenters. The molecule has 9 heteroatoms. The molecule has 2 heterocycles. The van der Waals surface area contributed by atoms with Crippen LogP contribution in [-0.2, 0) is 18.6 Å². The number of carbonyl (C=O) groups is 2. The molecule has 108 valence electrons. The zero-order valence-corrected chi connectivity index (χ0v) is 12.0. The van der Waals surface area contributed by atoms with Crippen LogP contribution in [0.2, 0.25) is 0 Å². The molecule has 1 saturated heterocycles. The SMILES string of the molecule is COC(=O)c1cccnc1N1CC(S(=O)(=O)Cl)CC1=O. The summed E-state index contributed by atoms with van der Waals surface area (Å²) in [4.78, 5) is 28.6. The third-order valence-electron chi connectivity index (χ3n) is 2.94. The van der Waals surface area contributed by atoms with Crippen molar-refractivity contribution in [1.82, 2.24) is 4.98 Å². The first-order chi connectivity index (χ1) is 9.34. The molecule has 0 radical (unpaired) electrons. The van der Waals surface area contributed by atoms with Gasteiger partial charge in [0.1, 0.15) is 16.6 Å². The summed E-state index contributed by atoms with van der Waals surface area (Å²) in [6.45, 7) is -0.133. The summed E-state index contributed by atoms with van der Waals surface area (Å²) in [6.07, 6.45) is 1.17. The van der Waals surface area contributed by atoms with E-state index >= 15 is 0 Å². The van der Waals surface area contributed by atoms with Crippen molar-refractivity contribution in [2.75, 3.05) is 18.6 Å². The van der Waals surface area contributed by atoms with Gasteiger partial charge in [-0.3, -0.25) is 9.69 Å². The summed E-state index contributed by atoms with van der Waals surface area (Å²) >= 11 is 0. The minimum atomic E-state index is -3.85. The van der Waals surface area contributed by atoms with Crippen molar-refractivity contribution in [2.24, 2.45) is 0 Å². The van der Waals surface area contributed by atoms with Crippen LogP contribution in [0.3, 0.4) is 0 Å². The summed E-state index contributed by atoms with van der Waals surface area (Å²) in [5, 5.41) is -1.01. The van der Waals surface area contributed by atoms with Crippen LogP contribution >= 0.6 is 10.7 Å². The molecular formula is C11H11ClN2O5S. The van der Waals surface area contributed by atoms with Gasteiger partial charge in [0.15, 0.2) is 0 Å². The summed E-state index contributed by atoms with van der Waals surface area (Å²) in [6, 6.07) is 2.97. The topological polar surface area (TPSA) is 93.6 Å². The van der Waals surface area contributed by atoms with Crippen molar-refractivity contribution in [3.63, 3.8) is 0 Å². The smallest absolute Gasteiger partial charge is 0.341 e. The molecule has 1 aromatic heterocycles. The van der Waals surface area contributed by atoms with E-state index in [4.69, 9.17) is 10.7 Å². The van der Waals surface area contributed by atoms with Gasteiger partial charge in [-0.15, -0.1) is 0 Å². The first-order valence-electron chi connectivity index (χ1n) is 5.61. The monoisotopic (exact) mass is 318 g/mol. The van der Waals surface area contributed by atoms with E-state index in [9.17, 15) is 18.0 Å². The van der Waals surface area contributed by atoms with Gasteiger partial charge in [-0.2, -0.15) is 0 Å². The molecule has 2 rings (SSSR count). The molecule has 0 N–H and O–H groups in total. The van der Waals surface area contributed by atoms with Gasteiger partial charge in [0.2, 0.25) is 15.0 Å². The Morgan fingerprint density at radius 3 is 2.80 bits per heavy atom. The molecule has 1 aliphatic rings. The fourth-order valence-corrected chi connectivity index (χ4v) is 2.98. The molecule has 0 aliphatic carbocycles. The lowest BCUT2D eigenvalue weighted by Gasteiger charge is -2.17. The highest BCUT2D eigenvalue weighted by Gasteiger charge is 2.39. The number of ether oxygens (including phenoxy) is 1. The highest BCUT2D eigenvalue weighted by Crippen LogP contribution is 2.27. The maximum absolute atomic E-state index is 11.9. The highest BCUT2D eigenvalue weighted by molar-refractivity contribution is 8.14. The molecule has 1 amide bonds. The van der Waals surface area contributed by atoms with E-state index < -0.39 is 26.2 Å². The van der Waals surface area contributed by atoms with Crippen molar-refractivity contribution in [3.8, 4) is 0 Å². The second-order valence-electron chi connectivity index (χ2n) is 4.17. The Bertz CT molecular complexity index is 661. The van der Waals surface area contributed by atoms with Gasteiger partial charge in [0.25, 0.3) is 0 Å². The van der Waals surface area contributed by atoms with E-state index in [-0.39, 0.29) is 24.3 Å². The Hall–Kier alpha value is -1.67. The number of pyridine rings is 1. The van der Waals surface area contributed by atoms with E-state index in [1.165, 1.54) is 25.4 Å². The van der Waals surface area contributed by atoms with Crippen LogP contribution in [0.15, 0.2) is 18.3 Å². The zero-order valence-electron chi connectivity index (χ0n) is 10.4. The zero-order chi connectivity index (χ0) is 14.9. The van der Waals surface area contributed by atoms with Gasteiger partial charge in [0.05, 0.1) is 7.11 Å². The Kier molecular flexibility index (Phi) is 3.96. The average molecular weight is 319 g/mol. The standard InChI is InChI=1S/C11H11ClN2O5S/c1-19-11(16)8-3-2-4-13-10(8)14-6-7(5-9(14)15)20(12,17)18/h2-4,7H,5-6H2,1H3. The fraction of sp³-hybridized carbons (Fsp3) is 0.364. The maximum atomic E-state index is 11.9. The predicted octanol–water partition coefficient (Wildman–Crippen LogP) is 0.542. The van der Waals surface area contributed by atoms with Gasteiger partial charge < -0.3 is 4.74 Å². The molecule has 1 unspecified atom stereocenters. The second-order valence-corrected chi connectivity index (χ2v) is 7.08. The maximum Gasteiger partial charge on any atom is 0.341 e. The average Bonchev–Trinajstić information content (AvgIpc) is 2.80. The number of nitrogens with zero attached hydrogens (tertiary/aromatic N) is 2. The number of anilines is 1. The van der Waals surface area contributed by atoms with E-state index in [0.29, 0.717) is 0 Å². The van der Waals surface area contributed by atoms with Crippen LogP contribution in [0.4, 0.5) is 5.82 Å².